The first-order valence-corrected chi connectivity index (χ1v) is 7.51. The minimum absolute atomic E-state index is 0.115. The van der Waals surface area contributed by atoms with Crippen molar-refractivity contribution in [1.82, 2.24) is 4.90 Å². The molecule has 124 valence electrons. The summed E-state index contributed by atoms with van der Waals surface area (Å²) in [7, 11) is 1.54. The zero-order chi connectivity index (χ0) is 16.8. The third-order valence-electron chi connectivity index (χ3n) is 3.45. The van der Waals surface area contributed by atoms with Gasteiger partial charge in [0.05, 0.1) is 26.2 Å². The van der Waals surface area contributed by atoms with E-state index in [1.807, 2.05) is 0 Å². The van der Waals surface area contributed by atoms with Crippen LogP contribution in [0.2, 0.25) is 5.02 Å². The number of benzene rings is 1. The largest absolute Gasteiger partial charge is 0.496 e. The molecular weight excluding hydrogens is 322 g/mol. The smallest absolute Gasteiger partial charge is 0.306 e. The predicted molar refractivity (Wildman–Crippen MR) is 85.6 cm³/mol. The molecule has 1 fully saturated rings. The first-order valence-electron chi connectivity index (χ1n) is 7.13. The molecule has 0 bridgehead atoms. The number of carbonyl (C=O) groups is 2. The highest BCUT2D eigenvalue weighted by molar-refractivity contribution is 6.30. The van der Waals surface area contributed by atoms with Crippen molar-refractivity contribution in [3.8, 4) is 5.75 Å². The number of hydrogen-bond acceptors (Lipinski definition) is 4. The highest BCUT2D eigenvalue weighted by Crippen LogP contribution is 2.24. The first kappa shape index (κ1) is 17.3. The third-order valence-corrected chi connectivity index (χ3v) is 3.69. The van der Waals surface area contributed by atoms with Crippen molar-refractivity contribution in [2.45, 2.75) is 12.5 Å². The van der Waals surface area contributed by atoms with Crippen molar-refractivity contribution >= 4 is 29.6 Å². The number of morpholine rings is 1. The predicted octanol–water partition coefficient (Wildman–Crippen LogP) is 2.06. The van der Waals surface area contributed by atoms with E-state index in [-0.39, 0.29) is 18.9 Å². The summed E-state index contributed by atoms with van der Waals surface area (Å²) < 4.78 is 10.6. The van der Waals surface area contributed by atoms with Gasteiger partial charge in [0.15, 0.2) is 0 Å². The molecule has 0 aliphatic carbocycles. The molecule has 7 heteroatoms. The Kier molecular flexibility index (Phi) is 6.01. The Morgan fingerprint density at radius 1 is 1.52 bits per heavy atom. The van der Waals surface area contributed by atoms with E-state index in [9.17, 15) is 9.59 Å². The second-order valence-electron chi connectivity index (χ2n) is 5.09. The number of carboxylic acid groups (broad SMARTS) is 1. The van der Waals surface area contributed by atoms with E-state index in [1.54, 1.807) is 36.3 Å². The van der Waals surface area contributed by atoms with Crippen LogP contribution in [0.15, 0.2) is 24.3 Å². The zero-order valence-corrected chi connectivity index (χ0v) is 13.5. The van der Waals surface area contributed by atoms with Crippen molar-refractivity contribution < 1.29 is 24.2 Å². The van der Waals surface area contributed by atoms with Gasteiger partial charge in [-0.3, -0.25) is 9.59 Å². The van der Waals surface area contributed by atoms with Crippen molar-refractivity contribution in [3.05, 3.63) is 34.9 Å². The van der Waals surface area contributed by atoms with Crippen molar-refractivity contribution in [1.29, 1.82) is 0 Å². The summed E-state index contributed by atoms with van der Waals surface area (Å²) in [6.07, 6.45) is 2.47. The van der Waals surface area contributed by atoms with Crippen molar-refractivity contribution in [3.63, 3.8) is 0 Å². The maximum Gasteiger partial charge on any atom is 0.306 e. The molecule has 1 saturated heterocycles. The molecule has 23 heavy (non-hydrogen) atoms. The molecule has 1 aliphatic rings. The molecule has 0 aromatic heterocycles. The van der Waals surface area contributed by atoms with Crippen LogP contribution in [0, 0.1) is 0 Å². The van der Waals surface area contributed by atoms with E-state index in [0.717, 1.165) is 0 Å². The van der Waals surface area contributed by atoms with Gasteiger partial charge in [-0.15, -0.1) is 0 Å². The van der Waals surface area contributed by atoms with E-state index < -0.39 is 12.1 Å². The quantitative estimate of drug-likeness (QED) is 0.831. The zero-order valence-electron chi connectivity index (χ0n) is 12.7. The van der Waals surface area contributed by atoms with E-state index in [2.05, 4.69) is 0 Å². The van der Waals surface area contributed by atoms with Gasteiger partial charge in [-0.05, 0) is 24.3 Å². The van der Waals surface area contributed by atoms with Gasteiger partial charge in [-0.2, -0.15) is 0 Å². The van der Waals surface area contributed by atoms with E-state index >= 15 is 0 Å². The number of methoxy groups -OCH3 is 1. The lowest BCUT2D eigenvalue weighted by Crippen LogP contribution is -2.45. The van der Waals surface area contributed by atoms with Crippen LogP contribution in [0.5, 0.6) is 5.75 Å². The lowest BCUT2D eigenvalue weighted by molar-refractivity contribution is -0.145. The summed E-state index contributed by atoms with van der Waals surface area (Å²) in [5.74, 6) is -0.529. The van der Waals surface area contributed by atoms with Gasteiger partial charge in [0.2, 0.25) is 5.91 Å². The molecule has 0 saturated carbocycles. The SMILES string of the molecule is COc1ccc(Cl)cc1C=CC(=O)N1CCOC(CC(=O)O)C1. The number of aliphatic carboxylic acids is 1. The Labute approximate surface area is 139 Å². The molecule has 6 nitrogen and oxygen atoms in total. The Balaban J connectivity index is 2.03. The molecule has 1 aromatic carbocycles. The Hall–Kier alpha value is -2.05. The number of rotatable bonds is 5. The fourth-order valence-corrected chi connectivity index (χ4v) is 2.52. The summed E-state index contributed by atoms with van der Waals surface area (Å²) in [5, 5.41) is 9.35. The van der Waals surface area contributed by atoms with Crippen LogP contribution in [0.25, 0.3) is 6.08 Å². The first-order chi connectivity index (χ1) is 11.0. The monoisotopic (exact) mass is 339 g/mol. The molecule has 2 rings (SSSR count). The molecule has 1 N–H and O–H groups in total. The summed E-state index contributed by atoms with van der Waals surface area (Å²) in [6.45, 7) is 1.03. The van der Waals surface area contributed by atoms with Gasteiger partial charge in [0, 0.05) is 29.8 Å². The number of ether oxygens (including phenoxy) is 2. The molecule has 1 atom stereocenters. The Morgan fingerprint density at radius 3 is 3.00 bits per heavy atom. The summed E-state index contributed by atoms with van der Waals surface area (Å²) in [5.41, 5.74) is 0.698. The lowest BCUT2D eigenvalue weighted by atomic mass is 10.1. The number of amides is 1. The van der Waals surface area contributed by atoms with Crippen LogP contribution in [0.4, 0.5) is 0 Å². The molecule has 1 aromatic rings. The van der Waals surface area contributed by atoms with Crippen LogP contribution >= 0.6 is 11.6 Å². The fourth-order valence-electron chi connectivity index (χ4n) is 2.34. The molecule has 1 unspecified atom stereocenters. The normalized spacial score (nSPS) is 18.2. The molecular formula is C16H18ClNO5. The number of carbonyl (C=O) groups excluding carboxylic acids is 1. The van der Waals surface area contributed by atoms with Crippen LogP contribution in [0.1, 0.15) is 12.0 Å². The van der Waals surface area contributed by atoms with Gasteiger partial charge in [0.25, 0.3) is 0 Å². The molecule has 0 radical (unpaired) electrons. The van der Waals surface area contributed by atoms with Gasteiger partial charge in [-0.1, -0.05) is 11.6 Å². The molecule has 1 aliphatic heterocycles. The van der Waals surface area contributed by atoms with Crippen LogP contribution in [-0.4, -0.2) is 54.8 Å². The van der Waals surface area contributed by atoms with E-state index in [4.69, 9.17) is 26.2 Å². The van der Waals surface area contributed by atoms with Gasteiger partial charge < -0.3 is 19.5 Å². The number of nitrogens with zero attached hydrogens (tertiary/aromatic N) is 1. The minimum Gasteiger partial charge on any atom is -0.496 e. The van der Waals surface area contributed by atoms with Crippen LogP contribution in [-0.2, 0) is 14.3 Å². The van der Waals surface area contributed by atoms with Crippen molar-refractivity contribution in [2.24, 2.45) is 0 Å². The molecule has 1 heterocycles. The molecule has 0 spiro atoms. The number of hydrogen-bond donors (Lipinski definition) is 1. The molecule has 1 amide bonds. The highest BCUT2D eigenvalue weighted by atomic mass is 35.5. The average Bonchev–Trinajstić information content (AvgIpc) is 2.52. The maximum absolute atomic E-state index is 12.2. The number of halogens is 1. The standard InChI is InChI=1S/C16H18ClNO5/c1-22-14-4-3-12(17)8-11(14)2-5-15(19)18-6-7-23-13(10-18)9-16(20)21/h2-5,8,13H,6-7,9-10H2,1H3,(H,20,21). The Bertz CT molecular complexity index is 616. The highest BCUT2D eigenvalue weighted by Gasteiger charge is 2.24. The average molecular weight is 340 g/mol. The fraction of sp³-hybridized carbons (Fsp3) is 0.375. The maximum atomic E-state index is 12.2. The van der Waals surface area contributed by atoms with Crippen molar-refractivity contribution in [2.75, 3.05) is 26.8 Å². The number of carboxylic acids is 1. The van der Waals surface area contributed by atoms with Crippen LogP contribution < -0.4 is 4.74 Å². The lowest BCUT2D eigenvalue weighted by Gasteiger charge is -2.31. The topological polar surface area (TPSA) is 76.1 Å². The second-order valence-corrected chi connectivity index (χ2v) is 5.53. The summed E-state index contributed by atoms with van der Waals surface area (Å²) in [4.78, 5) is 24.6. The second kappa shape index (κ2) is 7.99. The minimum atomic E-state index is -0.941. The van der Waals surface area contributed by atoms with E-state index in [1.165, 1.54) is 6.08 Å². The van der Waals surface area contributed by atoms with Gasteiger partial charge >= 0.3 is 5.97 Å². The van der Waals surface area contributed by atoms with Gasteiger partial charge in [0.1, 0.15) is 5.75 Å². The summed E-state index contributed by atoms with van der Waals surface area (Å²) in [6, 6.07) is 5.14. The van der Waals surface area contributed by atoms with Gasteiger partial charge in [-0.25, -0.2) is 0 Å². The van der Waals surface area contributed by atoms with E-state index in [0.29, 0.717) is 29.5 Å². The third kappa shape index (κ3) is 4.97. The van der Waals surface area contributed by atoms with Crippen LogP contribution in [0.3, 0.4) is 0 Å². The summed E-state index contributed by atoms with van der Waals surface area (Å²) >= 11 is 5.95. The Morgan fingerprint density at radius 2 is 2.30 bits per heavy atom.